The van der Waals surface area contributed by atoms with Crippen LogP contribution >= 0.6 is 15.9 Å². The summed E-state index contributed by atoms with van der Waals surface area (Å²) in [7, 11) is 5.95. The fourth-order valence-corrected chi connectivity index (χ4v) is 6.82. The van der Waals surface area contributed by atoms with Crippen molar-refractivity contribution in [2.45, 2.75) is 59.0 Å². The Morgan fingerprint density at radius 2 is 1.89 bits per heavy atom. The summed E-state index contributed by atoms with van der Waals surface area (Å²) in [5.41, 5.74) is 4.52. The van der Waals surface area contributed by atoms with Crippen LogP contribution < -0.4 is 14.8 Å². The summed E-state index contributed by atoms with van der Waals surface area (Å²) in [5.74, 6) is 0.293. The number of nitriles is 1. The second-order valence-electron chi connectivity index (χ2n) is 12.5. The minimum absolute atomic E-state index is 0.0816. The maximum absolute atomic E-state index is 13.6. The van der Waals surface area contributed by atoms with E-state index in [0.717, 1.165) is 54.9 Å². The third-order valence-electron chi connectivity index (χ3n) is 8.51. The van der Waals surface area contributed by atoms with E-state index in [-0.39, 0.29) is 30.8 Å². The van der Waals surface area contributed by atoms with Gasteiger partial charge in [-0.15, -0.1) is 0 Å². The third-order valence-corrected chi connectivity index (χ3v) is 9.09. The molecule has 3 atom stereocenters. The van der Waals surface area contributed by atoms with Gasteiger partial charge in [-0.05, 0) is 93.4 Å². The highest BCUT2D eigenvalue weighted by atomic mass is 79.9. The summed E-state index contributed by atoms with van der Waals surface area (Å²) >= 11 is 3.71. The van der Waals surface area contributed by atoms with Crippen LogP contribution in [0.3, 0.4) is 0 Å². The Hall–Kier alpha value is -3.52. The fraction of sp³-hybridized carbons (Fsp3) is 0.500. The lowest BCUT2D eigenvalue weighted by Crippen LogP contribution is -2.35. The van der Waals surface area contributed by atoms with Gasteiger partial charge in [0.25, 0.3) is 0 Å². The molecule has 4 rings (SSSR count). The second kappa shape index (κ2) is 16.3. The number of ether oxygens (including phenoxy) is 2. The smallest absolute Gasteiger partial charge is 0.238 e. The SMILES string of the molecule is CCCC1CC(=O)C2=C(C1)N=C(C)C(C#N)C2c1cc(Br)c(OCc2ccccc2NC(=O)CN(C)CCN(C)C)c(OCC)c1. The van der Waals surface area contributed by atoms with Crippen molar-refractivity contribution in [1.29, 1.82) is 5.26 Å². The van der Waals surface area contributed by atoms with Crippen LogP contribution in [0.4, 0.5) is 5.69 Å². The molecule has 10 heteroatoms. The number of hydrogen-bond donors (Lipinski definition) is 1. The quantitative estimate of drug-likeness (QED) is 0.238. The molecule has 2 aromatic rings. The summed E-state index contributed by atoms with van der Waals surface area (Å²) in [4.78, 5) is 35.3. The van der Waals surface area contributed by atoms with Crippen LogP contribution in [0.5, 0.6) is 11.5 Å². The van der Waals surface area contributed by atoms with Gasteiger partial charge in [0.2, 0.25) is 5.91 Å². The van der Waals surface area contributed by atoms with E-state index in [0.29, 0.717) is 40.3 Å². The van der Waals surface area contributed by atoms with E-state index >= 15 is 0 Å². The highest BCUT2D eigenvalue weighted by Gasteiger charge is 2.41. The Morgan fingerprint density at radius 1 is 1.13 bits per heavy atom. The Kier molecular flexibility index (Phi) is 12.6. The number of benzene rings is 2. The zero-order valence-electron chi connectivity index (χ0n) is 27.9. The number of nitrogens with zero attached hydrogens (tertiary/aromatic N) is 4. The van der Waals surface area contributed by atoms with E-state index in [1.807, 2.05) is 76.3 Å². The number of aliphatic imine (C=N–C) groups is 1. The maximum Gasteiger partial charge on any atom is 0.238 e. The van der Waals surface area contributed by atoms with Crippen molar-refractivity contribution in [1.82, 2.24) is 9.80 Å². The van der Waals surface area contributed by atoms with Crippen LogP contribution in [-0.2, 0) is 16.2 Å². The molecule has 0 saturated heterocycles. The first-order chi connectivity index (χ1) is 22.1. The Morgan fingerprint density at radius 3 is 2.59 bits per heavy atom. The Bertz CT molecular complexity index is 1530. The van der Waals surface area contributed by atoms with E-state index in [4.69, 9.17) is 14.5 Å². The molecule has 1 aliphatic heterocycles. The van der Waals surface area contributed by atoms with Gasteiger partial charge in [0, 0.05) is 53.7 Å². The highest BCUT2D eigenvalue weighted by Crippen LogP contribution is 2.48. The molecule has 0 fully saturated rings. The van der Waals surface area contributed by atoms with Crippen LogP contribution in [0.2, 0.25) is 0 Å². The van der Waals surface area contributed by atoms with Crippen molar-refractivity contribution in [3.05, 3.63) is 63.3 Å². The van der Waals surface area contributed by atoms with Crippen LogP contribution in [0.25, 0.3) is 0 Å². The number of anilines is 1. The summed E-state index contributed by atoms with van der Waals surface area (Å²) in [6.07, 6.45) is 3.24. The van der Waals surface area contributed by atoms with Crippen molar-refractivity contribution >= 4 is 39.0 Å². The molecule has 1 amide bonds. The first kappa shape index (κ1) is 35.3. The first-order valence-electron chi connectivity index (χ1n) is 16.1. The van der Waals surface area contributed by atoms with Crippen LogP contribution in [0.15, 0.2) is 57.1 Å². The molecule has 0 saturated carbocycles. The molecule has 0 radical (unpaired) electrons. The standard InChI is InChI=1S/C36H46BrN5O4/c1-7-11-24-16-30-35(31(43)17-24)34(27(20-38)23(3)39-30)26-18-28(37)36(32(19-26)45-8-2)46-22-25-12-9-10-13-29(25)40-33(44)21-42(6)15-14-41(4)5/h9-10,12-13,18-19,24,27,34H,7-8,11,14-17,21-22H2,1-6H3,(H,40,44). The number of para-hydroxylation sites is 1. The van der Waals surface area contributed by atoms with Gasteiger partial charge in [-0.3, -0.25) is 19.5 Å². The van der Waals surface area contributed by atoms with Gasteiger partial charge in [-0.25, -0.2) is 0 Å². The number of ketones is 1. The molecule has 1 aliphatic carbocycles. The van der Waals surface area contributed by atoms with Crippen LogP contribution in [0.1, 0.15) is 63.5 Å². The van der Waals surface area contributed by atoms with Crippen LogP contribution in [0, 0.1) is 23.2 Å². The first-order valence-corrected chi connectivity index (χ1v) is 16.9. The Labute approximate surface area is 281 Å². The molecule has 0 bridgehead atoms. The average Bonchev–Trinajstić information content (AvgIpc) is 2.99. The summed E-state index contributed by atoms with van der Waals surface area (Å²) in [6.45, 7) is 8.43. The molecule has 2 aliphatic rings. The maximum atomic E-state index is 13.6. The molecule has 46 heavy (non-hydrogen) atoms. The number of likely N-dealkylation sites (N-methyl/N-ethyl adjacent to an activating group) is 2. The molecule has 0 aromatic heterocycles. The zero-order valence-corrected chi connectivity index (χ0v) is 29.4. The normalized spacial score (nSPS) is 19.5. The van der Waals surface area contributed by atoms with Gasteiger partial charge in [-0.1, -0.05) is 31.5 Å². The van der Waals surface area contributed by atoms with Crippen molar-refractivity contribution in [3.63, 3.8) is 0 Å². The van der Waals surface area contributed by atoms with E-state index in [9.17, 15) is 14.9 Å². The number of halogens is 1. The number of allylic oxidation sites excluding steroid dienone is 2. The predicted octanol–water partition coefficient (Wildman–Crippen LogP) is 6.59. The number of rotatable bonds is 14. The average molecular weight is 693 g/mol. The molecular weight excluding hydrogens is 646 g/mol. The van der Waals surface area contributed by atoms with Crippen molar-refractivity contribution in [2.24, 2.45) is 16.8 Å². The minimum Gasteiger partial charge on any atom is -0.490 e. The molecule has 2 aromatic carbocycles. The highest BCUT2D eigenvalue weighted by molar-refractivity contribution is 9.10. The lowest BCUT2D eigenvalue weighted by Gasteiger charge is -2.35. The fourth-order valence-electron chi connectivity index (χ4n) is 6.25. The van der Waals surface area contributed by atoms with E-state index < -0.39 is 11.8 Å². The molecule has 3 unspecified atom stereocenters. The van der Waals surface area contributed by atoms with Gasteiger partial charge in [0.05, 0.1) is 29.6 Å². The lowest BCUT2D eigenvalue weighted by molar-refractivity contribution is -0.118. The summed E-state index contributed by atoms with van der Waals surface area (Å²) in [5, 5.41) is 13.3. The number of carbonyl (C=O) groups excluding carboxylic acids is 2. The number of Topliss-reactive ketones (excluding diaryl/α,β-unsaturated/α-hetero) is 1. The van der Waals surface area contributed by atoms with Crippen molar-refractivity contribution in [2.75, 3.05) is 52.7 Å². The van der Waals surface area contributed by atoms with Gasteiger partial charge >= 0.3 is 0 Å². The molecule has 1 N–H and O–H groups in total. The second-order valence-corrected chi connectivity index (χ2v) is 13.3. The number of nitrogens with one attached hydrogen (secondary N) is 1. The number of carbonyl (C=O) groups is 2. The minimum atomic E-state index is -0.559. The largest absolute Gasteiger partial charge is 0.490 e. The number of amides is 1. The van der Waals surface area contributed by atoms with Crippen molar-refractivity contribution < 1.29 is 19.1 Å². The molecule has 246 valence electrons. The van der Waals surface area contributed by atoms with Gasteiger partial charge in [0.1, 0.15) is 6.61 Å². The molecule has 1 heterocycles. The topological polar surface area (TPSA) is 107 Å². The predicted molar refractivity (Wildman–Crippen MR) is 185 cm³/mol. The summed E-state index contributed by atoms with van der Waals surface area (Å²) < 4.78 is 13.1. The van der Waals surface area contributed by atoms with Gasteiger partial charge in [-0.2, -0.15) is 5.26 Å². The van der Waals surface area contributed by atoms with E-state index in [1.165, 1.54) is 0 Å². The molecule has 9 nitrogen and oxygen atoms in total. The molecule has 0 spiro atoms. The molecular formula is C36H46BrN5O4. The Balaban J connectivity index is 1.59. The monoisotopic (exact) mass is 691 g/mol. The van der Waals surface area contributed by atoms with E-state index in [2.05, 4.69) is 39.1 Å². The van der Waals surface area contributed by atoms with Crippen molar-refractivity contribution in [3.8, 4) is 17.6 Å². The third kappa shape index (κ3) is 8.64. The number of hydrogen-bond acceptors (Lipinski definition) is 8. The summed E-state index contributed by atoms with van der Waals surface area (Å²) in [6, 6.07) is 13.8. The zero-order chi connectivity index (χ0) is 33.4. The lowest BCUT2D eigenvalue weighted by atomic mass is 9.70. The van der Waals surface area contributed by atoms with Gasteiger partial charge < -0.3 is 19.7 Å². The van der Waals surface area contributed by atoms with Gasteiger partial charge in [0.15, 0.2) is 17.3 Å². The van der Waals surface area contributed by atoms with E-state index in [1.54, 1.807) is 0 Å². The van der Waals surface area contributed by atoms with Crippen LogP contribution in [-0.4, -0.2) is 74.6 Å².